The number of phenols is 2. The van der Waals surface area contributed by atoms with E-state index in [0.717, 1.165) is 6.54 Å². The van der Waals surface area contributed by atoms with Crippen LogP contribution in [0.25, 0.3) is 0 Å². The number of aromatic hydroxyl groups is 2. The normalized spacial score (nSPS) is 12.5. The van der Waals surface area contributed by atoms with Crippen molar-refractivity contribution in [2.24, 2.45) is 0 Å². The minimum Gasteiger partial charge on any atom is -0.504 e. The maximum Gasteiger partial charge on any atom is 0.161 e. The van der Waals surface area contributed by atoms with E-state index in [1.807, 2.05) is 23.9 Å². The molecule has 96 valence electrons. The van der Waals surface area contributed by atoms with Gasteiger partial charge in [0.25, 0.3) is 0 Å². The van der Waals surface area contributed by atoms with Crippen LogP contribution in [-0.2, 0) is 13.1 Å². The highest BCUT2D eigenvalue weighted by Crippen LogP contribution is 2.27. The summed E-state index contributed by atoms with van der Waals surface area (Å²) in [6, 6.07) is 7.05. The van der Waals surface area contributed by atoms with Gasteiger partial charge in [0, 0.05) is 30.5 Å². The third kappa shape index (κ3) is 3.01. The van der Waals surface area contributed by atoms with Crippen LogP contribution in [0.3, 0.4) is 0 Å². The minimum absolute atomic E-state index is 0.0590. The predicted molar refractivity (Wildman–Crippen MR) is 68.3 cm³/mol. The van der Waals surface area contributed by atoms with E-state index in [2.05, 4.69) is 10.4 Å². The van der Waals surface area contributed by atoms with E-state index in [0.29, 0.717) is 12.1 Å². The number of hydrogen-bond acceptors (Lipinski definition) is 4. The van der Waals surface area contributed by atoms with Crippen molar-refractivity contribution in [1.29, 1.82) is 0 Å². The first-order chi connectivity index (χ1) is 8.66. The quantitative estimate of drug-likeness (QED) is 0.700. The molecule has 2 aromatic rings. The van der Waals surface area contributed by atoms with Crippen LogP contribution in [-0.4, -0.2) is 26.0 Å². The van der Waals surface area contributed by atoms with Crippen molar-refractivity contribution in [1.82, 2.24) is 15.1 Å². The first-order valence-corrected chi connectivity index (χ1v) is 5.87. The highest BCUT2D eigenvalue weighted by atomic mass is 16.3. The van der Waals surface area contributed by atoms with E-state index < -0.39 is 0 Å². The molecule has 0 aliphatic rings. The van der Waals surface area contributed by atoms with Crippen LogP contribution in [0.2, 0.25) is 0 Å². The van der Waals surface area contributed by atoms with Crippen LogP contribution in [0.4, 0.5) is 0 Å². The van der Waals surface area contributed by atoms with E-state index in [9.17, 15) is 10.2 Å². The molecule has 1 unspecified atom stereocenters. The van der Waals surface area contributed by atoms with Gasteiger partial charge in [0.1, 0.15) is 0 Å². The molecular weight excluding hydrogens is 230 g/mol. The summed E-state index contributed by atoms with van der Waals surface area (Å²) in [5, 5.41) is 26.4. The molecule has 0 aliphatic carbocycles. The molecule has 0 fully saturated rings. The molecule has 3 N–H and O–H groups in total. The molecule has 0 saturated heterocycles. The first-order valence-electron chi connectivity index (χ1n) is 5.87. The highest BCUT2D eigenvalue weighted by Gasteiger charge is 2.07. The van der Waals surface area contributed by atoms with Gasteiger partial charge in [-0.2, -0.15) is 5.10 Å². The Morgan fingerprint density at radius 2 is 2.17 bits per heavy atom. The summed E-state index contributed by atoms with van der Waals surface area (Å²) in [4.78, 5) is 0. The first kappa shape index (κ1) is 12.4. The van der Waals surface area contributed by atoms with Gasteiger partial charge in [0.15, 0.2) is 11.5 Å². The standard InChI is InChI=1S/C13H17N3O2/c1-10(9-16-7-3-6-15-16)14-8-11-4-2-5-12(17)13(11)18/h2-7,10,14,17-18H,8-9H2,1H3. The molecule has 1 atom stereocenters. The molecule has 0 saturated carbocycles. The lowest BCUT2D eigenvalue weighted by Crippen LogP contribution is -2.30. The summed E-state index contributed by atoms with van der Waals surface area (Å²) in [6.07, 6.45) is 3.65. The van der Waals surface area contributed by atoms with Gasteiger partial charge in [-0.1, -0.05) is 12.1 Å². The number of rotatable bonds is 5. The molecule has 0 radical (unpaired) electrons. The van der Waals surface area contributed by atoms with Crippen molar-refractivity contribution in [3.05, 3.63) is 42.2 Å². The number of aromatic nitrogens is 2. The largest absolute Gasteiger partial charge is 0.504 e. The topological polar surface area (TPSA) is 70.3 Å². The van der Waals surface area contributed by atoms with Crippen molar-refractivity contribution in [3.8, 4) is 11.5 Å². The van der Waals surface area contributed by atoms with Crippen LogP contribution < -0.4 is 5.32 Å². The van der Waals surface area contributed by atoms with Crippen molar-refractivity contribution in [3.63, 3.8) is 0 Å². The van der Waals surface area contributed by atoms with Crippen LogP contribution in [0.5, 0.6) is 11.5 Å². The van der Waals surface area contributed by atoms with E-state index in [1.165, 1.54) is 6.07 Å². The molecule has 0 aliphatic heterocycles. The molecule has 18 heavy (non-hydrogen) atoms. The summed E-state index contributed by atoms with van der Waals surface area (Å²) in [5.41, 5.74) is 0.683. The smallest absolute Gasteiger partial charge is 0.161 e. The highest BCUT2D eigenvalue weighted by molar-refractivity contribution is 5.44. The van der Waals surface area contributed by atoms with Gasteiger partial charge >= 0.3 is 0 Å². The number of hydrogen-bond donors (Lipinski definition) is 3. The summed E-state index contributed by atoms with van der Waals surface area (Å²) in [7, 11) is 0. The Morgan fingerprint density at radius 3 is 2.89 bits per heavy atom. The summed E-state index contributed by atoms with van der Waals surface area (Å²) < 4.78 is 1.85. The van der Waals surface area contributed by atoms with E-state index >= 15 is 0 Å². The molecule has 1 aromatic heterocycles. The number of phenolic OH excluding ortho intramolecular Hbond substituents is 2. The maximum absolute atomic E-state index is 9.66. The maximum atomic E-state index is 9.66. The average Bonchev–Trinajstić information content (AvgIpc) is 2.84. The number of nitrogens with zero attached hydrogens (tertiary/aromatic N) is 2. The summed E-state index contributed by atoms with van der Waals surface area (Å²) >= 11 is 0. The Balaban J connectivity index is 1.89. The Morgan fingerprint density at radius 1 is 1.33 bits per heavy atom. The van der Waals surface area contributed by atoms with Gasteiger partial charge in [0.2, 0.25) is 0 Å². The molecule has 2 rings (SSSR count). The van der Waals surface area contributed by atoms with E-state index in [4.69, 9.17) is 0 Å². The van der Waals surface area contributed by atoms with Gasteiger partial charge in [-0.25, -0.2) is 0 Å². The third-order valence-electron chi connectivity index (χ3n) is 2.76. The molecule has 0 spiro atoms. The van der Waals surface area contributed by atoms with Crippen molar-refractivity contribution >= 4 is 0 Å². The second-order valence-electron chi connectivity index (χ2n) is 4.29. The average molecular weight is 247 g/mol. The zero-order valence-electron chi connectivity index (χ0n) is 10.2. The van der Waals surface area contributed by atoms with E-state index in [1.54, 1.807) is 18.3 Å². The lowest BCUT2D eigenvalue weighted by Gasteiger charge is -2.14. The van der Waals surface area contributed by atoms with Crippen molar-refractivity contribution < 1.29 is 10.2 Å². The number of para-hydroxylation sites is 1. The fourth-order valence-corrected chi connectivity index (χ4v) is 1.76. The third-order valence-corrected chi connectivity index (χ3v) is 2.76. The second-order valence-corrected chi connectivity index (χ2v) is 4.29. The van der Waals surface area contributed by atoms with Crippen molar-refractivity contribution in [2.75, 3.05) is 0 Å². The fourth-order valence-electron chi connectivity index (χ4n) is 1.76. The Kier molecular flexibility index (Phi) is 3.84. The van der Waals surface area contributed by atoms with Crippen molar-refractivity contribution in [2.45, 2.75) is 26.1 Å². The SMILES string of the molecule is CC(Cn1cccn1)NCc1cccc(O)c1O. The Bertz CT molecular complexity index is 497. The predicted octanol–water partition coefficient (Wildman–Crippen LogP) is 1.47. The van der Waals surface area contributed by atoms with Crippen LogP contribution in [0.1, 0.15) is 12.5 Å². The van der Waals surface area contributed by atoms with Crippen LogP contribution in [0.15, 0.2) is 36.7 Å². The monoisotopic (exact) mass is 247 g/mol. The molecule has 5 nitrogen and oxygen atoms in total. The van der Waals surface area contributed by atoms with Crippen LogP contribution in [0, 0.1) is 0 Å². The lowest BCUT2D eigenvalue weighted by molar-refractivity contribution is 0.393. The Labute approximate surface area is 106 Å². The fraction of sp³-hybridized carbons (Fsp3) is 0.308. The number of nitrogens with one attached hydrogen (secondary N) is 1. The minimum atomic E-state index is -0.0889. The molecule has 0 amide bonds. The van der Waals surface area contributed by atoms with Gasteiger partial charge in [-0.15, -0.1) is 0 Å². The van der Waals surface area contributed by atoms with Gasteiger partial charge in [0.05, 0.1) is 6.54 Å². The van der Waals surface area contributed by atoms with Crippen LogP contribution >= 0.6 is 0 Å². The molecule has 5 heteroatoms. The molecule has 1 aromatic carbocycles. The van der Waals surface area contributed by atoms with E-state index in [-0.39, 0.29) is 17.5 Å². The second kappa shape index (κ2) is 5.55. The molecule has 0 bridgehead atoms. The zero-order chi connectivity index (χ0) is 13.0. The zero-order valence-corrected chi connectivity index (χ0v) is 10.2. The molecule has 1 heterocycles. The summed E-state index contributed by atoms with van der Waals surface area (Å²) in [6.45, 7) is 3.30. The van der Waals surface area contributed by atoms with Gasteiger partial charge in [-0.05, 0) is 19.1 Å². The summed E-state index contributed by atoms with van der Waals surface area (Å²) in [5.74, 6) is -0.148. The molecular formula is C13H17N3O2. The lowest BCUT2D eigenvalue weighted by atomic mass is 10.1. The van der Waals surface area contributed by atoms with Gasteiger partial charge in [-0.3, -0.25) is 4.68 Å². The van der Waals surface area contributed by atoms with Gasteiger partial charge < -0.3 is 15.5 Å². The number of benzene rings is 1. The Hall–Kier alpha value is -2.01.